The molecule has 0 aliphatic carbocycles. The van der Waals surface area contributed by atoms with Crippen LogP contribution in [0.15, 0.2) is 65.7 Å². The normalized spacial score (nSPS) is 10.9. The van der Waals surface area contributed by atoms with E-state index in [9.17, 15) is 4.79 Å². The van der Waals surface area contributed by atoms with Gasteiger partial charge in [-0.05, 0) is 73.0 Å². The third kappa shape index (κ3) is 5.61. The van der Waals surface area contributed by atoms with Crippen LogP contribution in [0.4, 0.5) is 5.69 Å². The van der Waals surface area contributed by atoms with E-state index in [2.05, 4.69) is 4.99 Å². The van der Waals surface area contributed by atoms with Crippen molar-refractivity contribution < 1.29 is 19.4 Å². The molecular weight excluding hydrogens is 402 g/mol. The van der Waals surface area contributed by atoms with Crippen molar-refractivity contribution in [3.63, 3.8) is 0 Å². The Morgan fingerprint density at radius 2 is 1.80 bits per heavy atom. The molecule has 0 amide bonds. The molecule has 0 fully saturated rings. The number of carboxylic acid groups (broad SMARTS) is 1. The van der Waals surface area contributed by atoms with Gasteiger partial charge in [0.15, 0.2) is 11.5 Å². The first kappa shape index (κ1) is 21.4. The Morgan fingerprint density at radius 3 is 2.50 bits per heavy atom. The van der Waals surface area contributed by atoms with Crippen LogP contribution >= 0.6 is 11.6 Å². The number of ether oxygens (including phenoxy) is 2. The van der Waals surface area contributed by atoms with Gasteiger partial charge in [-0.3, -0.25) is 4.99 Å². The van der Waals surface area contributed by atoms with Gasteiger partial charge in [-0.15, -0.1) is 0 Å². The molecule has 0 atom stereocenters. The molecule has 0 saturated carbocycles. The number of aliphatic imine (C=N–C) groups is 1. The minimum absolute atomic E-state index is 0.243. The number of carboxylic acids is 1. The second kappa shape index (κ2) is 9.94. The van der Waals surface area contributed by atoms with E-state index >= 15 is 0 Å². The molecule has 3 aromatic rings. The van der Waals surface area contributed by atoms with Gasteiger partial charge in [0.25, 0.3) is 0 Å². The number of hydrogen-bond acceptors (Lipinski definition) is 4. The molecule has 6 heteroatoms. The second-order valence-electron chi connectivity index (χ2n) is 6.62. The lowest BCUT2D eigenvalue weighted by atomic mass is 10.1. The minimum Gasteiger partial charge on any atom is -0.490 e. The summed E-state index contributed by atoms with van der Waals surface area (Å²) in [5, 5.41) is 9.63. The molecule has 0 radical (unpaired) electrons. The number of rotatable bonds is 8. The van der Waals surface area contributed by atoms with E-state index in [-0.39, 0.29) is 5.56 Å². The molecule has 0 aliphatic heterocycles. The third-order valence-corrected chi connectivity index (χ3v) is 4.62. The zero-order valence-electron chi connectivity index (χ0n) is 16.8. The lowest BCUT2D eigenvalue weighted by molar-refractivity contribution is 0.0697. The fourth-order valence-corrected chi connectivity index (χ4v) is 2.93. The first-order valence-corrected chi connectivity index (χ1v) is 9.86. The van der Waals surface area contributed by atoms with Gasteiger partial charge >= 0.3 is 5.97 Å². The molecule has 0 bridgehead atoms. The molecule has 1 N–H and O–H groups in total. The summed E-state index contributed by atoms with van der Waals surface area (Å²) in [5.41, 5.74) is 3.83. The van der Waals surface area contributed by atoms with E-state index in [1.165, 1.54) is 0 Å². The van der Waals surface area contributed by atoms with Crippen LogP contribution in [0.3, 0.4) is 0 Å². The van der Waals surface area contributed by atoms with E-state index < -0.39 is 5.97 Å². The average molecular weight is 424 g/mol. The number of hydrogen-bond donors (Lipinski definition) is 1. The van der Waals surface area contributed by atoms with Crippen molar-refractivity contribution >= 4 is 29.5 Å². The molecule has 0 spiro atoms. The number of nitrogens with zero attached hydrogens (tertiary/aromatic N) is 1. The van der Waals surface area contributed by atoms with Crippen LogP contribution in [-0.2, 0) is 6.61 Å². The van der Waals surface area contributed by atoms with Gasteiger partial charge in [0.1, 0.15) is 6.61 Å². The van der Waals surface area contributed by atoms with Gasteiger partial charge in [-0.1, -0.05) is 29.8 Å². The van der Waals surface area contributed by atoms with Crippen LogP contribution in [0, 0.1) is 6.92 Å². The summed E-state index contributed by atoms with van der Waals surface area (Å²) in [6, 6.07) is 17.8. The van der Waals surface area contributed by atoms with Crippen LogP contribution in [-0.4, -0.2) is 23.9 Å². The molecule has 0 aromatic heterocycles. The van der Waals surface area contributed by atoms with E-state index in [4.69, 9.17) is 26.2 Å². The quantitative estimate of drug-likeness (QED) is 0.446. The number of aromatic carboxylic acids is 1. The second-order valence-corrected chi connectivity index (χ2v) is 7.06. The summed E-state index contributed by atoms with van der Waals surface area (Å²) >= 11 is 6.06. The lowest BCUT2D eigenvalue weighted by Crippen LogP contribution is -2.01. The summed E-state index contributed by atoms with van der Waals surface area (Å²) in [7, 11) is 0. The van der Waals surface area contributed by atoms with Crippen LogP contribution in [0.25, 0.3) is 0 Å². The number of carbonyl (C=O) groups is 1. The summed E-state index contributed by atoms with van der Waals surface area (Å²) in [4.78, 5) is 15.5. The van der Waals surface area contributed by atoms with E-state index in [1.54, 1.807) is 30.5 Å². The van der Waals surface area contributed by atoms with Gasteiger partial charge in [0.2, 0.25) is 0 Å². The Balaban J connectivity index is 1.75. The molecule has 5 nitrogen and oxygen atoms in total. The zero-order chi connectivity index (χ0) is 21.5. The fourth-order valence-electron chi connectivity index (χ4n) is 2.76. The Labute approximate surface area is 180 Å². The van der Waals surface area contributed by atoms with Crippen molar-refractivity contribution in [1.82, 2.24) is 0 Å². The summed E-state index contributed by atoms with van der Waals surface area (Å²) in [5.74, 6) is 0.271. The third-order valence-electron chi connectivity index (χ3n) is 4.39. The molecule has 0 unspecified atom stereocenters. The molecular formula is C24H22ClNO4. The minimum atomic E-state index is -0.952. The highest BCUT2D eigenvalue weighted by molar-refractivity contribution is 6.30. The van der Waals surface area contributed by atoms with Gasteiger partial charge < -0.3 is 14.6 Å². The largest absolute Gasteiger partial charge is 0.490 e. The highest BCUT2D eigenvalue weighted by Gasteiger charge is 2.08. The Kier molecular flexibility index (Phi) is 7.09. The maximum Gasteiger partial charge on any atom is 0.335 e. The molecule has 154 valence electrons. The Bertz CT molecular complexity index is 1060. The Hall–Kier alpha value is -3.31. The number of halogens is 1. The molecule has 3 aromatic carbocycles. The van der Waals surface area contributed by atoms with Gasteiger partial charge in [-0.2, -0.15) is 0 Å². The maximum absolute atomic E-state index is 11.0. The van der Waals surface area contributed by atoms with Crippen LogP contribution in [0.5, 0.6) is 11.5 Å². The highest BCUT2D eigenvalue weighted by Crippen LogP contribution is 2.29. The number of aryl methyl sites for hydroxylation is 1. The molecule has 0 aliphatic rings. The summed E-state index contributed by atoms with van der Waals surface area (Å²) in [6.07, 6.45) is 1.76. The number of benzene rings is 3. The molecule has 0 heterocycles. The molecule has 3 rings (SSSR count). The van der Waals surface area contributed by atoms with Crippen LogP contribution in [0.1, 0.15) is 34.0 Å². The zero-order valence-corrected chi connectivity index (χ0v) is 17.5. The van der Waals surface area contributed by atoms with Crippen molar-refractivity contribution in [2.24, 2.45) is 4.99 Å². The van der Waals surface area contributed by atoms with E-state index in [1.807, 2.05) is 50.2 Å². The van der Waals surface area contributed by atoms with Gasteiger partial charge in [0, 0.05) is 11.2 Å². The predicted octanol–water partition coefficient (Wildman–Crippen LogP) is 6.07. The van der Waals surface area contributed by atoms with Gasteiger partial charge in [0.05, 0.1) is 17.9 Å². The van der Waals surface area contributed by atoms with E-state index in [0.717, 1.165) is 22.4 Å². The van der Waals surface area contributed by atoms with Crippen LogP contribution < -0.4 is 9.47 Å². The lowest BCUT2D eigenvalue weighted by Gasteiger charge is -2.13. The average Bonchev–Trinajstić information content (AvgIpc) is 2.74. The first-order valence-electron chi connectivity index (χ1n) is 9.48. The van der Waals surface area contributed by atoms with Crippen LogP contribution in [0.2, 0.25) is 5.02 Å². The van der Waals surface area contributed by atoms with Crippen molar-refractivity contribution in [3.8, 4) is 11.5 Å². The van der Waals surface area contributed by atoms with Crippen molar-refractivity contribution in [2.45, 2.75) is 20.5 Å². The predicted molar refractivity (Wildman–Crippen MR) is 119 cm³/mol. The SMILES string of the molecule is CCOc1cc(C=Nc2cc(Cl)ccc2C)ccc1OCc1ccc(C(=O)O)cc1. The highest BCUT2D eigenvalue weighted by atomic mass is 35.5. The maximum atomic E-state index is 11.0. The van der Waals surface area contributed by atoms with Crippen molar-refractivity contribution in [3.05, 3.63) is 87.9 Å². The van der Waals surface area contributed by atoms with Crippen molar-refractivity contribution in [1.29, 1.82) is 0 Å². The summed E-state index contributed by atoms with van der Waals surface area (Å²) < 4.78 is 11.6. The fraction of sp³-hybridized carbons (Fsp3) is 0.167. The monoisotopic (exact) mass is 423 g/mol. The van der Waals surface area contributed by atoms with Gasteiger partial charge in [-0.25, -0.2) is 4.79 Å². The summed E-state index contributed by atoms with van der Waals surface area (Å²) in [6.45, 7) is 4.69. The smallest absolute Gasteiger partial charge is 0.335 e. The van der Waals surface area contributed by atoms with Crippen molar-refractivity contribution in [2.75, 3.05) is 6.61 Å². The molecule has 0 saturated heterocycles. The Morgan fingerprint density at radius 1 is 1.03 bits per heavy atom. The van der Waals surface area contributed by atoms with E-state index in [0.29, 0.717) is 29.7 Å². The topological polar surface area (TPSA) is 68.1 Å². The standard InChI is InChI=1S/C24H22ClNO4/c1-3-29-23-12-18(14-26-21-13-20(25)10-4-16(21)2)7-11-22(23)30-15-17-5-8-19(9-6-17)24(27)28/h4-14H,3,15H2,1-2H3,(H,27,28). The molecule has 30 heavy (non-hydrogen) atoms. The first-order chi connectivity index (χ1) is 14.5.